The average Bonchev–Trinajstić information content (AvgIpc) is 2.86. The lowest BCUT2D eigenvalue weighted by atomic mass is 10.1. The number of alkyl halides is 3. The van der Waals surface area contributed by atoms with Gasteiger partial charge in [-0.1, -0.05) is 11.8 Å². The maximum absolute atomic E-state index is 12.6. The first-order chi connectivity index (χ1) is 11.7. The molecule has 3 heterocycles. The van der Waals surface area contributed by atoms with Crippen molar-refractivity contribution < 1.29 is 27.6 Å². The smallest absolute Gasteiger partial charge is 0.334 e. The van der Waals surface area contributed by atoms with Gasteiger partial charge in [-0.25, -0.2) is 9.78 Å². The van der Waals surface area contributed by atoms with Crippen molar-refractivity contribution in [3.8, 4) is 0 Å². The highest BCUT2D eigenvalue weighted by Gasteiger charge is 2.43. The van der Waals surface area contributed by atoms with Crippen LogP contribution in [0.3, 0.4) is 0 Å². The molecule has 1 N–H and O–H groups in total. The molecule has 2 saturated heterocycles. The van der Waals surface area contributed by atoms with Gasteiger partial charge in [0.25, 0.3) is 11.8 Å². The van der Waals surface area contributed by atoms with E-state index in [9.17, 15) is 27.6 Å². The molecule has 25 heavy (non-hydrogen) atoms. The van der Waals surface area contributed by atoms with Crippen LogP contribution in [0.4, 0.5) is 18.0 Å². The Morgan fingerprint density at radius 1 is 1.36 bits per heavy atom. The van der Waals surface area contributed by atoms with Crippen LogP contribution in [0.15, 0.2) is 23.4 Å². The van der Waals surface area contributed by atoms with Crippen LogP contribution in [0.2, 0.25) is 0 Å². The summed E-state index contributed by atoms with van der Waals surface area (Å²) in [6.07, 6.45) is -3.06. The summed E-state index contributed by atoms with van der Waals surface area (Å²) in [5, 5.41) is 2.28. The van der Waals surface area contributed by atoms with Gasteiger partial charge in [-0.3, -0.25) is 14.9 Å². The van der Waals surface area contributed by atoms with E-state index in [4.69, 9.17) is 0 Å². The number of nitrogens with one attached hydrogen (secondary N) is 1. The standard InChI is InChI=1S/C14H13F3N4O3S/c15-14(16,17)7-25-10-5-8(1-2-18-10)12(23)20-3-4-21-9(6-20)11(22)19-13(21)24/h1-2,5,9H,3-4,6-7H2,(H,19,22,24). The van der Waals surface area contributed by atoms with E-state index in [-0.39, 0.29) is 30.2 Å². The van der Waals surface area contributed by atoms with E-state index >= 15 is 0 Å². The number of hydrogen-bond donors (Lipinski definition) is 1. The fraction of sp³-hybridized carbons (Fsp3) is 0.429. The number of carbonyl (C=O) groups excluding carboxylic acids is 3. The van der Waals surface area contributed by atoms with Crippen LogP contribution >= 0.6 is 11.8 Å². The lowest BCUT2D eigenvalue weighted by Crippen LogP contribution is -2.54. The first kappa shape index (κ1) is 17.5. The third-order valence-corrected chi connectivity index (χ3v) is 4.82. The Labute approximate surface area is 144 Å². The molecule has 0 radical (unpaired) electrons. The summed E-state index contributed by atoms with van der Waals surface area (Å²) in [5.41, 5.74) is 0.192. The fourth-order valence-electron chi connectivity index (χ4n) is 2.66. The van der Waals surface area contributed by atoms with Gasteiger partial charge in [-0.2, -0.15) is 13.2 Å². The number of imide groups is 1. The van der Waals surface area contributed by atoms with Gasteiger partial charge in [-0.05, 0) is 12.1 Å². The number of urea groups is 1. The molecule has 2 fully saturated rings. The molecule has 1 unspecified atom stereocenters. The molecule has 134 valence electrons. The molecule has 2 aliphatic heterocycles. The van der Waals surface area contributed by atoms with Crippen LogP contribution in [-0.4, -0.2) is 70.2 Å². The Morgan fingerprint density at radius 3 is 2.84 bits per heavy atom. The highest BCUT2D eigenvalue weighted by Crippen LogP contribution is 2.26. The summed E-state index contributed by atoms with van der Waals surface area (Å²) in [6.45, 7) is 0.502. The van der Waals surface area contributed by atoms with E-state index in [1.807, 2.05) is 0 Å². The van der Waals surface area contributed by atoms with Crippen LogP contribution < -0.4 is 5.32 Å². The van der Waals surface area contributed by atoms with Crippen LogP contribution in [-0.2, 0) is 4.79 Å². The first-order valence-corrected chi connectivity index (χ1v) is 8.29. The molecule has 3 rings (SSSR count). The average molecular weight is 374 g/mol. The summed E-state index contributed by atoms with van der Waals surface area (Å²) in [5.74, 6) is -1.97. The number of aromatic nitrogens is 1. The van der Waals surface area contributed by atoms with Gasteiger partial charge >= 0.3 is 12.2 Å². The molecule has 0 saturated carbocycles. The zero-order valence-corrected chi connectivity index (χ0v) is 13.6. The van der Waals surface area contributed by atoms with E-state index in [0.29, 0.717) is 11.8 Å². The number of thioether (sulfide) groups is 1. The maximum atomic E-state index is 12.6. The molecule has 2 aliphatic rings. The molecule has 7 nitrogen and oxygen atoms in total. The third-order valence-electron chi connectivity index (χ3n) is 3.83. The Morgan fingerprint density at radius 2 is 2.12 bits per heavy atom. The van der Waals surface area contributed by atoms with Gasteiger partial charge < -0.3 is 9.80 Å². The van der Waals surface area contributed by atoms with E-state index < -0.39 is 35.8 Å². The third kappa shape index (κ3) is 3.86. The zero-order valence-electron chi connectivity index (χ0n) is 12.7. The topological polar surface area (TPSA) is 82.6 Å². The predicted molar refractivity (Wildman–Crippen MR) is 81.0 cm³/mol. The van der Waals surface area contributed by atoms with Crippen molar-refractivity contribution in [2.24, 2.45) is 0 Å². The van der Waals surface area contributed by atoms with Crippen molar-refractivity contribution in [2.75, 3.05) is 25.4 Å². The number of fused-ring (bicyclic) bond motifs is 1. The summed E-state index contributed by atoms with van der Waals surface area (Å²) >= 11 is 0.498. The molecule has 1 atom stereocenters. The molecule has 1 aromatic rings. The summed E-state index contributed by atoms with van der Waals surface area (Å²) < 4.78 is 36.9. The second kappa shape index (κ2) is 6.54. The van der Waals surface area contributed by atoms with Gasteiger partial charge in [0.05, 0.1) is 17.3 Å². The highest BCUT2D eigenvalue weighted by molar-refractivity contribution is 7.99. The van der Waals surface area contributed by atoms with Crippen molar-refractivity contribution in [1.29, 1.82) is 0 Å². The quantitative estimate of drug-likeness (QED) is 0.633. The molecule has 0 spiro atoms. The minimum Gasteiger partial charge on any atom is -0.334 e. The van der Waals surface area contributed by atoms with Crippen LogP contribution in [0.5, 0.6) is 0 Å². The summed E-state index contributed by atoms with van der Waals surface area (Å²) in [4.78, 5) is 42.4. The summed E-state index contributed by atoms with van der Waals surface area (Å²) in [7, 11) is 0. The Bertz CT molecular complexity index is 728. The molecule has 1 aromatic heterocycles. The van der Waals surface area contributed by atoms with Gasteiger partial charge in [0.2, 0.25) is 0 Å². The molecule has 0 aliphatic carbocycles. The van der Waals surface area contributed by atoms with Gasteiger partial charge in [0.1, 0.15) is 6.04 Å². The van der Waals surface area contributed by atoms with Gasteiger partial charge in [0, 0.05) is 24.8 Å². The lowest BCUT2D eigenvalue weighted by Gasteiger charge is -2.35. The number of amides is 4. The fourth-order valence-corrected chi connectivity index (χ4v) is 3.31. The second-order valence-electron chi connectivity index (χ2n) is 5.54. The van der Waals surface area contributed by atoms with Crippen LogP contribution in [0.1, 0.15) is 10.4 Å². The molecule has 0 aromatic carbocycles. The number of nitrogens with zero attached hydrogens (tertiary/aromatic N) is 3. The maximum Gasteiger partial charge on any atom is 0.398 e. The van der Waals surface area contributed by atoms with Crippen LogP contribution in [0.25, 0.3) is 0 Å². The normalized spacial score (nSPS) is 20.5. The largest absolute Gasteiger partial charge is 0.398 e. The molecular formula is C14H13F3N4O3S. The van der Waals surface area contributed by atoms with Crippen molar-refractivity contribution in [2.45, 2.75) is 17.2 Å². The molecular weight excluding hydrogens is 361 g/mol. The van der Waals surface area contributed by atoms with Crippen LogP contribution in [0, 0.1) is 0 Å². The predicted octanol–water partition coefficient (Wildman–Crippen LogP) is 1.11. The lowest BCUT2D eigenvalue weighted by molar-refractivity contribution is -0.122. The van der Waals surface area contributed by atoms with Crippen molar-refractivity contribution in [3.63, 3.8) is 0 Å². The number of carbonyl (C=O) groups is 3. The number of pyridine rings is 1. The van der Waals surface area contributed by atoms with Gasteiger partial charge in [-0.15, -0.1) is 0 Å². The van der Waals surface area contributed by atoms with E-state index in [1.165, 1.54) is 28.1 Å². The zero-order chi connectivity index (χ0) is 18.2. The van der Waals surface area contributed by atoms with Crippen molar-refractivity contribution in [3.05, 3.63) is 23.9 Å². The highest BCUT2D eigenvalue weighted by atomic mass is 32.2. The Kier molecular flexibility index (Phi) is 4.58. The van der Waals surface area contributed by atoms with Gasteiger partial charge in [0.15, 0.2) is 0 Å². The van der Waals surface area contributed by atoms with E-state index in [1.54, 1.807) is 0 Å². The minimum atomic E-state index is -4.33. The van der Waals surface area contributed by atoms with Crippen molar-refractivity contribution >= 4 is 29.6 Å². The molecule has 4 amide bonds. The first-order valence-electron chi connectivity index (χ1n) is 7.31. The number of hydrogen-bond acceptors (Lipinski definition) is 5. The van der Waals surface area contributed by atoms with Crippen molar-refractivity contribution in [1.82, 2.24) is 20.1 Å². The SMILES string of the molecule is O=C1NC(=O)N2CCN(C(=O)c3ccnc(SCC(F)(F)F)c3)CC12. The molecule has 11 heteroatoms. The Hall–Kier alpha value is -2.30. The number of piperazine rings is 1. The monoisotopic (exact) mass is 374 g/mol. The van der Waals surface area contributed by atoms with E-state index in [0.717, 1.165) is 0 Å². The van der Waals surface area contributed by atoms with E-state index in [2.05, 4.69) is 10.3 Å². The molecule has 0 bridgehead atoms. The number of rotatable bonds is 3. The minimum absolute atomic E-state index is 0.0454. The Balaban J connectivity index is 1.69. The number of halogens is 3. The second-order valence-corrected chi connectivity index (χ2v) is 6.54. The summed E-state index contributed by atoms with van der Waals surface area (Å²) in [6, 6.07) is 1.50.